The van der Waals surface area contributed by atoms with Gasteiger partial charge in [0, 0.05) is 33.0 Å². The fourth-order valence-electron chi connectivity index (χ4n) is 7.68. The van der Waals surface area contributed by atoms with Gasteiger partial charge in [0.25, 0.3) is 0 Å². The van der Waals surface area contributed by atoms with E-state index in [-0.39, 0.29) is 0 Å². The van der Waals surface area contributed by atoms with E-state index in [0.29, 0.717) is 17.2 Å². The summed E-state index contributed by atoms with van der Waals surface area (Å²) >= 11 is 0. The Morgan fingerprint density at radius 1 is 0.310 bits per heavy atom. The molecule has 0 aliphatic rings. The molecule has 0 bridgehead atoms. The van der Waals surface area contributed by atoms with Gasteiger partial charge in [0.1, 0.15) is 0 Å². The Balaban J connectivity index is 1.13. The van der Waals surface area contributed by atoms with E-state index in [4.69, 9.17) is 19.9 Å². The van der Waals surface area contributed by atoms with Crippen molar-refractivity contribution in [1.29, 1.82) is 5.26 Å². The summed E-state index contributed by atoms with van der Waals surface area (Å²) in [5, 5.41) is 11.8. The van der Waals surface area contributed by atoms with Crippen molar-refractivity contribution in [2.24, 2.45) is 0 Å². The largest absolute Gasteiger partial charge is 0.228 e. The highest BCUT2D eigenvalue weighted by atomic mass is 14.9. The second-order valence-corrected chi connectivity index (χ2v) is 14.2. The molecule has 0 amide bonds. The third-order valence-corrected chi connectivity index (χ3v) is 10.5. The fourth-order valence-corrected chi connectivity index (χ4v) is 7.68. The van der Waals surface area contributed by atoms with Gasteiger partial charge in [-0.25, -0.2) is 19.9 Å². The number of fused-ring (bicyclic) bond motifs is 2. The maximum absolute atomic E-state index is 9.84. The zero-order chi connectivity index (χ0) is 38.8. The first-order valence-corrected chi connectivity index (χ1v) is 19.2. The minimum atomic E-state index is 0.613. The molecule has 2 aromatic heterocycles. The van der Waals surface area contributed by atoms with Gasteiger partial charge < -0.3 is 0 Å². The minimum absolute atomic E-state index is 0.613. The summed E-state index contributed by atoms with van der Waals surface area (Å²) in [7, 11) is 0. The van der Waals surface area contributed by atoms with Crippen LogP contribution in [0.15, 0.2) is 200 Å². The van der Waals surface area contributed by atoms with Crippen LogP contribution in [-0.4, -0.2) is 19.9 Å². The highest BCUT2D eigenvalue weighted by Crippen LogP contribution is 2.40. The van der Waals surface area contributed by atoms with Gasteiger partial charge in [-0.05, 0) is 75.8 Å². The highest BCUT2D eigenvalue weighted by molar-refractivity contribution is 5.97. The zero-order valence-electron chi connectivity index (χ0n) is 31.3. The maximum Gasteiger partial charge on any atom is 0.160 e. The molecular weight excluding hydrogens is 707 g/mol. The number of nitriles is 1. The predicted molar refractivity (Wildman–Crippen MR) is 235 cm³/mol. The lowest BCUT2D eigenvalue weighted by Crippen LogP contribution is -1.96. The molecule has 0 atom stereocenters. The summed E-state index contributed by atoms with van der Waals surface area (Å²) in [5.74, 6) is 1.38. The number of para-hydroxylation sites is 2. The summed E-state index contributed by atoms with van der Waals surface area (Å²) in [6, 6.07) is 70.5. The molecule has 0 aliphatic heterocycles. The van der Waals surface area contributed by atoms with Crippen molar-refractivity contribution in [3.63, 3.8) is 0 Å². The molecule has 2 heterocycles. The van der Waals surface area contributed by atoms with Crippen LogP contribution in [0, 0.1) is 11.3 Å². The summed E-state index contributed by atoms with van der Waals surface area (Å²) < 4.78 is 0. The SMILES string of the molecule is N#Cc1cccc(-c2ccc(-c3cccc(-c4nc(-c5ccccc5)nc5ccccc45)c3)cc2-c2cccc(-c3nc(-c4ccccc4)nc4ccccc34)c2)c1. The number of aromatic nitrogens is 4. The van der Waals surface area contributed by atoms with Gasteiger partial charge in [0.2, 0.25) is 0 Å². The van der Waals surface area contributed by atoms with E-state index < -0.39 is 0 Å². The van der Waals surface area contributed by atoms with Crippen molar-refractivity contribution >= 4 is 21.8 Å². The Hall–Kier alpha value is -8.07. The molecule has 10 rings (SSSR count). The minimum Gasteiger partial charge on any atom is -0.228 e. The van der Waals surface area contributed by atoms with E-state index in [1.54, 1.807) is 0 Å². The number of hydrogen-bond acceptors (Lipinski definition) is 5. The molecule has 5 heteroatoms. The molecule has 0 unspecified atom stereocenters. The van der Waals surface area contributed by atoms with E-state index >= 15 is 0 Å². The van der Waals surface area contributed by atoms with Gasteiger partial charge in [0.05, 0.1) is 34.1 Å². The van der Waals surface area contributed by atoms with Gasteiger partial charge in [0.15, 0.2) is 11.6 Å². The quantitative estimate of drug-likeness (QED) is 0.163. The summed E-state index contributed by atoms with van der Waals surface area (Å²) in [6.07, 6.45) is 0. The summed E-state index contributed by atoms with van der Waals surface area (Å²) in [6.45, 7) is 0. The Morgan fingerprint density at radius 3 is 1.34 bits per heavy atom. The number of nitrogens with zero attached hydrogens (tertiary/aromatic N) is 5. The van der Waals surface area contributed by atoms with Crippen molar-refractivity contribution in [3.05, 3.63) is 206 Å². The molecule has 8 aromatic carbocycles. The lowest BCUT2D eigenvalue weighted by molar-refractivity contribution is 1.23. The third-order valence-electron chi connectivity index (χ3n) is 10.5. The average molecular weight is 740 g/mol. The molecular formula is C53H33N5. The smallest absolute Gasteiger partial charge is 0.160 e. The molecule has 5 nitrogen and oxygen atoms in total. The van der Waals surface area contributed by atoms with Crippen molar-refractivity contribution in [2.75, 3.05) is 0 Å². The Kier molecular flexibility index (Phi) is 8.83. The molecule has 58 heavy (non-hydrogen) atoms. The fraction of sp³-hybridized carbons (Fsp3) is 0. The Morgan fingerprint density at radius 2 is 0.759 bits per heavy atom. The second-order valence-electron chi connectivity index (χ2n) is 14.2. The van der Waals surface area contributed by atoms with Gasteiger partial charge in [-0.1, -0.05) is 158 Å². The molecule has 0 spiro atoms. The molecule has 0 radical (unpaired) electrons. The van der Waals surface area contributed by atoms with Crippen molar-refractivity contribution in [2.45, 2.75) is 0 Å². The standard InChI is InChI=1S/C53H33N5/c54-34-35-14-11-20-40(30-35)44-29-28-39(38-19-12-22-42(31-38)50-45-24-7-9-26-48(45)55-52(57-50)36-15-3-1-4-16-36)33-47(44)41-21-13-23-43(32-41)51-46-25-8-10-27-49(46)56-53(58-51)37-17-5-2-6-18-37/h1-33H. The van der Waals surface area contributed by atoms with Gasteiger partial charge >= 0.3 is 0 Å². The zero-order valence-corrected chi connectivity index (χ0v) is 31.3. The van der Waals surface area contributed by atoms with Crippen LogP contribution in [0.2, 0.25) is 0 Å². The number of benzene rings is 8. The lowest BCUT2D eigenvalue weighted by Gasteiger charge is -2.16. The molecule has 0 aliphatic carbocycles. The van der Waals surface area contributed by atoms with E-state index in [2.05, 4.69) is 91.0 Å². The van der Waals surface area contributed by atoms with Crippen LogP contribution in [-0.2, 0) is 0 Å². The molecule has 0 saturated carbocycles. The van der Waals surface area contributed by atoms with Crippen LogP contribution in [0.5, 0.6) is 0 Å². The molecule has 0 N–H and O–H groups in total. The molecule has 270 valence electrons. The van der Waals surface area contributed by atoms with Gasteiger partial charge in [-0.2, -0.15) is 5.26 Å². The number of hydrogen-bond donors (Lipinski definition) is 0. The normalized spacial score (nSPS) is 11.1. The van der Waals surface area contributed by atoms with E-state index in [0.717, 1.165) is 88.8 Å². The average Bonchev–Trinajstić information content (AvgIpc) is 3.31. The molecule has 10 aromatic rings. The van der Waals surface area contributed by atoms with Gasteiger partial charge in [-0.3, -0.25) is 0 Å². The Bertz CT molecular complexity index is 3190. The third kappa shape index (κ3) is 6.55. The topological polar surface area (TPSA) is 75.3 Å². The molecule has 0 saturated heterocycles. The Labute approximate surface area is 336 Å². The van der Waals surface area contributed by atoms with Crippen molar-refractivity contribution < 1.29 is 0 Å². The first-order valence-electron chi connectivity index (χ1n) is 19.2. The van der Waals surface area contributed by atoms with Gasteiger partial charge in [-0.15, -0.1) is 0 Å². The lowest BCUT2D eigenvalue weighted by atomic mass is 9.89. The highest BCUT2D eigenvalue weighted by Gasteiger charge is 2.17. The predicted octanol–water partition coefficient (Wildman–Crippen LogP) is 13.1. The second kappa shape index (κ2) is 14.9. The maximum atomic E-state index is 9.84. The van der Waals surface area contributed by atoms with Crippen molar-refractivity contribution in [3.8, 4) is 84.7 Å². The monoisotopic (exact) mass is 739 g/mol. The van der Waals surface area contributed by atoms with Crippen LogP contribution in [0.25, 0.3) is 100 Å². The van der Waals surface area contributed by atoms with Crippen LogP contribution in [0.4, 0.5) is 0 Å². The van der Waals surface area contributed by atoms with Crippen molar-refractivity contribution in [1.82, 2.24) is 19.9 Å². The molecule has 0 fully saturated rings. The van der Waals surface area contributed by atoms with Crippen LogP contribution < -0.4 is 0 Å². The van der Waals surface area contributed by atoms with Crippen LogP contribution in [0.1, 0.15) is 5.56 Å². The van der Waals surface area contributed by atoms with E-state index in [1.165, 1.54) is 0 Å². The van der Waals surface area contributed by atoms with Crippen LogP contribution >= 0.6 is 0 Å². The summed E-state index contributed by atoms with van der Waals surface area (Å²) in [5.41, 5.74) is 14.3. The summed E-state index contributed by atoms with van der Waals surface area (Å²) in [4.78, 5) is 20.2. The van der Waals surface area contributed by atoms with E-state index in [1.807, 2.05) is 115 Å². The van der Waals surface area contributed by atoms with Crippen LogP contribution in [0.3, 0.4) is 0 Å². The first kappa shape index (κ1) is 34.4. The number of rotatable bonds is 7. The van der Waals surface area contributed by atoms with E-state index in [9.17, 15) is 5.26 Å². The first-order chi connectivity index (χ1) is 28.7.